The number of ether oxygens (including phenoxy) is 2. The van der Waals surface area contributed by atoms with Gasteiger partial charge < -0.3 is 19.4 Å². The van der Waals surface area contributed by atoms with Gasteiger partial charge in [-0.05, 0) is 37.0 Å². The molecular formula is C23H25N3O5S3. The van der Waals surface area contributed by atoms with E-state index < -0.39 is 5.97 Å². The van der Waals surface area contributed by atoms with E-state index in [9.17, 15) is 14.4 Å². The zero-order valence-electron chi connectivity index (χ0n) is 18.9. The number of thioether (sulfide) groups is 1. The Balaban J connectivity index is 1.38. The van der Waals surface area contributed by atoms with Gasteiger partial charge in [0.2, 0.25) is 5.91 Å². The molecule has 0 unspecified atom stereocenters. The molecule has 2 amide bonds. The molecule has 1 aliphatic rings. The van der Waals surface area contributed by atoms with Gasteiger partial charge in [0.25, 0.3) is 5.91 Å². The summed E-state index contributed by atoms with van der Waals surface area (Å²) in [5, 5.41) is 3.36. The molecule has 180 valence electrons. The summed E-state index contributed by atoms with van der Waals surface area (Å²) in [6.45, 7) is 1.10. The number of nitrogens with zero attached hydrogens (tertiary/aromatic N) is 2. The van der Waals surface area contributed by atoms with E-state index >= 15 is 0 Å². The summed E-state index contributed by atoms with van der Waals surface area (Å²) in [5.74, 6) is -0.834. The van der Waals surface area contributed by atoms with Crippen LogP contribution in [-0.4, -0.2) is 54.7 Å². The van der Waals surface area contributed by atoms with E-state index in [0.29, 0.717) is 28.5 Å². The molecule has 1 aromatic carbocycles. The van der Waals surface area contributed by atoms with Crippen molar-refractivity contribution in [1.29, 1.82) is 0 Å². The maximum absolute atomic E-state index is 12.5. The summed E-state index contributed by atoms with van der Waals surface area (Å²) in [6, 6.07) is 7.89. The molecule has 0 saturated carbocycles. The monoisotopic (exact) mass is 519 g/mol. The molecule has 1 N–H and O–H groups in total. The van der Waals surface area contributed by atoms with Crippen molar-refractivity contribution in [3.05, 3.63) is 45.1 Å². The van der Waals surface area contributed by atoms with Crippen LogP contribution in [0, 0.1) is 0 Å². The molecule has 34 heavy (non-hydrogen) atoms. The van der Waals surface area contributed by atoms with Gasteiger partial charge in [0.05, 0.1) is 41.0 Å². The summed E-state index contributed by atoms with van der Waals surface area (Å²) in [5.41, 5.74) is 2.46. The Morgan fingerprint density at radius 1 is 1.15 bits per heavy atom. The van der Waals surface area contributed by atoms with Crippen LogP contribution in [0.25, 0.3) is 10.2 Å². The molecule has 2 heterocycles. The Hall–Kier alpha value is -2.47. The minimum Gasteiger partial charge on any atom is -0.465 e. The predicted molar refractivity (Wildman–Crippen MR) is 136 cm³/mol. The van der Waals surface area contributed by atoms with Gasteiger partial charge >= 0.3 is 5.97 Å². The number of esters is 1. The van der Waals surface area contributed by atoms with E-state index in [2.05, 4.69) is 10.3 Å². The standard InChI is InChI=1S/C23H25N3O5S3/c1-30-11-10-26-15-7-3-4-8-17(15)34-23(26)25-19(28)13-32-12-18(27)24-21-20(22(29)31-2)14-6-5-9-16(14)33-21/h3-4,7-8H,5-6,9-13H2,1-2H3,(H,24,27). The molecule has 0 aliphatic heterocycles. The fraction of sp³-hybridized carbons (Fsp3) is 0.391. The third-order valence-corrected chi connectivity index (χ3v) is 8.53. The quantitative estimate of drug-likeness (QED) is 0.435. The largest absolute Gasteiger partial charge is 0.465 e. The van der Waals surface area contributed by atoms with Gasteiger partial charge in [-0.3, -0.25) is 9.59 Å². The van der Waals surface area contributed by atoms with Crippen molar-refractivity contribution in [1.82, 2.24) is 4.57 Å². The van der Waals surface area contributed by atoms with Gasteiger partial charge in [0, 0.05) is 18.5 Å². The van der Waals surface area contributed by atoms with Gasteiger partial charge in [-0.1, -0.05) is 23.5 Å². The van der Waals surface area contributed by atoms with E-state index in [1.165, 1.54) is 41.5 Å². The van der Waals surface area contributed by atoms with Crippen LogP contribution in [0.1, 0.15) is 27.2 Å². The normalized spacial score (nSPS) is 13.3. The van der Waals surface area contributed by atoms with E-state index in [4.69, 9.17) is 9.47 Å². The highest BCUT2D eigenvalue weighted by Gasteiger charge is 2.28. The molecular weight excluding hydrogens is 494 g/mol. The summed E-state index contributed by atoms with van der Waals surface area (Å²) >= 11 is 4.08. The number of nitrogens with one attached hydrogen (secondary N) is 1. The van der Waals surface area contributed by atoms with E-state index in [1.54, 1.807) is 7.11 Å². The molecule has 0 radical (unpaired) electrons. The number of hydrogen-bond acceptors (Lipinski definition) is 8. The number of anilines is 1. The van der Waals surface area contributed by atoms with Crippen LogP contribution in [0.15, 0.2) is 29.3 Å². The first kappa shape index (κ1) is 24.6. The zero-order chi connectivity index (χ0) is 24.1. The second-order valence-electron chi connectivity index (χ2n) is 7.60. The van der Waals surface area contributed by atoms with Crippen LogP contribution in [0.4, 0.5) is 5.00 Å². The lowest BCUT2D eigenvalue weighted by molar-refractivity contribution is -0.115. The maximum Gasteiger partial charge on any atom is 0.341 e. The topological polar surface area (TPSA) is 99.0 Å². The minimum atomic E-state index is -0.429. The van der Waals surface area contributed by atoms with Crippen molar-refractivity contribution in [2.75, 3.05) is 37.6 Å². The highest BCUT2D eigenvalue weighted by molar-refractivity contribution is 8.00. The van der Waals surface area contributed by atoms with Crippen molar-refractivity contribution in [2.24, 2.45) is 4.99 Å². The highest BCUT2D eigenvalue weighted by atomic mass is 32.2. The first-order chi connectivity index (χ1) is 16.5. The van der Waals surface area contributed by atoms with E-state index in [0.717, 1.165) is 39.9 Å². The zero-order valence-corrected chi connectivity index (χ0v) is 21.4. The second kappa shape index (κ2) is 11.3. The van der Waals surface area contributed by atoms with E-state index in [-0.39, 0.29) is 23.3 Å². The summed E-state index contributed by atoms with van der Waals surface area (Å²) < 4.78 is 13.1. The average Bonchev–Trinajstić information content (AvgIpc) is 3.50. The number of methoxy groups -OCH3 is 2. The Kier molecular flexibility index (Phi) is 8.19. The Bertz CT molecular complexity index is 1290. The average molecular weight is 520 g/mol. The lowest BCUT2D eigenvalue weighted by Gasteiger charge is -2.06. The number of para-hydroxylation sites is 1. The fourth-order valence-electron chi connectivity index (χ4n) is 3.85. The molecule has 3 aromatic rings. The Morgan fingerprint density at radius 3 is 2.76 bits per heavy atom. The number of carbonyl (C=O) groups excluding carboxylic acids is 3. The van der Waals surface area contributed by atoms with Crippen molar-refractivity contribution in [2.45, 2.75) is 25.8 Å². The van der Waals surface area contributed by atoms with Crippen molar-refractivity contribution >= 4 is 67.4 Å². The van der Waals surface area contributed by atoms with Gasteiger partial charge in [0.15, 0.2) is 4.80 Å². The van der Waals surface area contributed by atoms with Crippen LogP contribution >= 0.6 is 34.4 Å². The number of amides is 2. The van der Waals surface area contributed by atoms with Crippen LogP contribution in [0.2, 0.25) is 0 Å². The predicted octanol–water partition coefficient (Wildman–Crippen LogP) is 3.49. The Morgan fingerprint density at radius 2 is 1.97 bits per heavy atom. The molecule has 4 rings (SSSR count). The molecule has 1 aliphatic carbocycles. The van der Waals surface area contributed by atoms with Gasteiger partial charge in [-0.2, -0.15) is 4.99 Å². The molecule has 0 fully saturated rings. The number of carbonyl (C=O) groups is 3. The number of rotatable bonds is 9. The third kappa shape index (κ3) is 5.43. The molecule has 0 saturated heterocycles. The molecule has 0 spiro atoms. The lowest BCUT2D eigenvalue weighted by Crippen LogP contribution is -2.20. The number of hydrogen-bond donors (Lipinski definition) is 1. The summed E-state index contributed by atoms with van der Waals surface area (Å²) in [4.78, 5) is 43.3. The summed E-state index contributed by atoms with van der Waals surface area (Å²) in [6.07, 6.45) is 2.73. The molecule has 8 nitrogen and oxygen atoms in total. The SMILES string of the molecule is COCCn1c(=NC(=O)CSCC(=O)Nc2sc3c(c2C(=O)OC)CCC3)sc2ccccc21. The number of fused-ring (bicyclic) bond motifs is 2. The Labute approximate surface area is 209 Å². The smallest absolute Gasteiger partial charge is 0.341 e. The number of thiophene rings is 1. The number of aryl methyl sites for hydroxylation is 1. The van der Waals surface area contributed by atoms with Crippen LogP contribution < -0.4 is 10.1 Å². The first-order valence-electron chi connectivity index (χ1n) is 10.8. The third-order valence-electron chi connectivity index (χ3n) is 5.35. The van der Waals surface area contributed by atoms with Gasteiger partial charge in [-0.25, -0.2) is 4.79 Å². The summed E-state index contributed by atoms with van der Waals surface area (Å²) in [7, 11) is 2.98. The minimum absolute atomic E-state index is 0.0801. The van der Waals surface area contributed by atoms with Crippen molar-refractivity contribution < 1.29 is 23.9 Å². The molecule has 2 aromatic heterocycles. The fourth-order valence-corrected chi connectivity index (χ4v) is 6.81. The van der Waals surface area contributed by atoms with Crippen molar-refractivity contribution in [3.63, 3.8) is 0 Å². The van der Waals surface area contributed by atoms with Crippen LogP contribution in [0.5, 0.6) is 0 Å². The molecule has 0 bridgehead atoms. The second-order valence-corrected chi connectivity index (χ2v) is 10.7. The number of benzene rings is 1. The maximum atomic E-state index is 12.5. The molecule has 0 atom stereocenters. The first-order valence-corrected chi connectivity index (χ1v) is 13.6. The van der Waals surface area contributed by atoms with Crippen LogP contribution in [-0.2, 0) is 38.4 Å². The number of thiazole rings is 1. The van der Waals surface area contributed by atoms with E-state index in [1.807, 2.05) is 28.8 Å². The highest BCUT2D eigenvalue weighted by Crippen LogP contribution is 2.39. The molecule has 11 heteroatoms. The van der Waals surface area contributed by atoms with Gasteiger partial charge in [-0.15, -0.1) is 23.1 Å². The van der Waals surface area contributed by atoms with Crippen LogP contribution in [0.3, 0.4) is 0 Å². The number of aromatic nitrogens is 1. The lowest BCUT2D eigenvalue weighted by atomic mass is 10.1. The van der Waals surface area contributed by atoms with Gasteiger partial charge in [0.1, 0.15) is 5.00 Å². The van der Waals surface area contributed by atoms with Crippen molar-refractivity contribution in [3.8, 4) is 0 Å².